The molecule has 0 atom stereocenters. The molecule has 0 fully saturated rings. The standard InChI is InChI=1S/C17H29N7/c1-7-18-17(19-10-15-8-9-20-24(15)6)22(4)11-14-12-23(5)21-16(14)13(2)3/h8-9,12-13H,7,10-11H2,1-6H3,(H,18,19). The fourth-order valence-corrected chi connectivity index (χ4v) is 2.68. The molecule has 24 heavy (non-hydrogen) atoms. The van der Waals surface area contributed by atoms with Crippen LogP contribution in [0.25, 0.3) is 0 Å². The van der Waals surface area contributed by atoms with Crippen LogP contribution in [-0.2, 0) is 27.2 Å². The van der Waals surface area contributed by atoms with E-state index in [0.29, 0.717) is 12.5 Å². The molecule has 0 unspecified atom stereocenters. The number of aromatic nitrogens is 4. The lowest BCUT2D eigenvalue weighted by Crippen LogP contribution is -2.38. The largest absolute Gasteiger partial charge is 0.357 e. The summed E-state index contributed by atoms with van der Waals surface area (Å²) in [4.78, 5) is 6.88. The summed E-state index contributed by atoms with van der Waals surface area (Å²) < 4.78 is 3.74. The van der Waals surface area contributed by atoms with E-state index in [9.17, 15) is 0 Å². The monoisotopic (exact) mass is 331 g/mol. The van der Waals surface area contributed by atoms with Gasteiger partial charge in [-0.05, 0) is 18.9 Å². The van der Waals surface area contributed by atoms with Crippen molar-refractivity contribution >= 4 is 5.96 Å². The maximum Gasteiger partial charge on any atom is 0.194 e. The molecule has 2 aromatic heterocycles. The number of aliphatic imine (C=N–C) groups is 1. The van der Waals surface area contributed by atoms with Gasteiger partial charge in [0.2, 0.25) is 0 Å². The van der Waals surface area contributed by atoms with Crippen LogP contribution in [0.15, 0.2) is 23.5 Å². The van der Waals surface area contributed by atoms with Gasteiger partial charge < -0.3 is 10.2 Å². The van der Waals surface area contributed by atoms with Gasteiger partial charge in [-0.1, -0.05) is 13.8 Å². The number of nitrogens with one attached hydrogen (secondary N) is 1. The third kappa shape index (κ3) is 4.37. The Bertz CT molecular complexity index is 681. The zero-order chi connectivity index (χ0) is 17.7. The summed E-state index contributed by atoms with van der Waals surface area (Å²) in [6.07, 6.45) is 3.89. The van der Waals surface area contributed by atoms with Crippen LogP contribution in [0.1, 0.15) is 43.6 Å². The van der Waals surface area contributed by atoms with Crippen molar-refractivity contribution in [3.05, 3.63) is 35.4 Å². The molecule has 2 aromatic rings. The topological polar surface area (TPSA) is 63.3 Å². The molecule has 0 saturated carbocycles. The number of nitrogens with zero attached hydrogens (tertiary/aromatic N) is 6. The highest BCUT2D eigenvalue weighted by molar-refractivity contribution is 5.79. The summed E-state index contributed by atoms with van der Waals surface area (Å²) >= 11 is 0. The lowest BCUT2D eigenvalue weighted by atomic mass is 10.1. The first kappa shape index (κ1) is 18.0. The molecule has 0 aliphatic rings. The maximum absolute atomic E-state index is 4.74. The van der Waals surface area contributed by atoms with E-state index in [1.54, 1.807) is 6.20 Å². The fraction of sp³-hybridized carbons (Fsp3) is 0.588. The van der Waals surface area contributed by atoms with Gasteiger partial charge in [0.05, 0.1) is 17.9 Å². The van der Waals surface area contributed by atoms with Crippen molar-refractivity contribution in [3.63, 3.8) is 0 Å². The predicted octanol–water partition coefficient (Wildman–Crippen LogP) is 1.87. The lowest BCUT2D eigenvalue weighted by molar-refractivity contribution is 0.473. The molecule has 0 radical (unpaired) electrons. The van der Waals surface area contributed by atoms with Crippen molar-refractivity contribution in [1.29, 1.82) is 0 Å². The van der Waals surface area contributed by atoms with Crippen LogP contribution >= 0.6 is 0 Å². The molecule has 7 nitrogen and oxygen atoms in total. The van der Waals surface area contributed by atoms with Crippen LogP contribution in [0.3, 0.4) is 0 Å². The van der Waals surface area contributed by atoms with Crippen LogP contribution in [0, 0.1) is 0 Å². The molecule has 0 spiro atoms. The van der Waals surface area contributed by atoms with E-state index in [2.05, 4.69) is 54.4 Å². The van der Waals surface area contributed by atoms with Gasteiger partial charge in [0.25, 0.3) is 0 Å². The van der Waals surface area contributed by atoms with Crippen LogP contribution in [0.2, 0.25) is 0 Å². The van der Waals surface area contributed by atoms with Crippen molar-refractivity contribution in [3.8, 4) is 0 Å². The highest BCUT2D eigenvalue weighted by Crippen LogP contribution is 2.18. The zero-order valence-corrected chi connectivity index (χ0v) is 15.6. The third-order valence-electron chi connectivity index (χ3n) is 3.90. The maximum atomic E-state index is 4.74. The number of hydrogen-bond donors (Lipinski definition) is 1. The summed E-state index contributed by atoms with van der Waals surface area (Å²) in [6.45, 7) is 8.64. The summed E-state index contributed by atoms with van der Waals surface area (Å²) in [5, 5.41) is 12.1. The summed E-state index contributed by atoms with van der Waals surface area (Å²) in [6, 6.07) is 1.99. The van der Waals surface area contributed by atoms with Crippen molar-refractivity contribution < 1.29 is 0 Å². The molecule has 0 aliphatic heterocycles. The number of rotatable bonds is 6. The molecule has 2 rings (SSSR count). The minimum Gasteiger partial charge on any atom is -0.357 e. The van der Waals surface area contributed by atoms with Crippen LogP contribution in [-0.4, -0.2) is 44.0 Å². The Labute approximate surface area is 144 Å². The molecule has 0 amide bonds. The van der Waals surface area contributed by atoms with Crippen LogP contribution in [0.4, 0.5) is 0 Å². The Balaban J connectivity index is 2.14. The van der Waals surface area contributed by atoms with Crippen LogP contribution < -0.4 is 5.32 Å². The molecular weight excluding hydrogens is 302 g/mol. The van der Waals surface area contributed by atoms with Crippen LogP contribution in [0.5, 0.6) is 0 Å². The molecule has 2 heterocycles. The average Bonchev–Trinajstić information content (AvgIpc) is 3.09. The highest BCUT2D eigenvalue weighted by Gasteiger charge is 2.15. The zero-order valence-electron chi connectivity index (χ0n) is 15.6. The minimum absolute atomic E-state index is 0.406. The second-order valence-corrected chi connectivity index (χ2v) is 6.34. The fourth-order valence-electron chi connectivity index (χ4n) is 2.68. The van der Waals surface area contributed by atoms with Gasteiger partial charge in [-0.2, -0.15) is 10.2 Å². The highest BCUT2D eigenvalue weighted by atomic mass is 15.3. The molecule has 1 N–H and O–H groups in total. The molecule has 7 heteroatoms. The first-order valence-electron chi connectivity index (χ1n) is 8.41. The Hall–Kier alpha value is -2.31. The SMILES string of the molecule is CCNC(=NCc1ccnn1C)N(C)Cc1cn(C)nc1C(C)C. The summed E-state index contributed by atoms with van der Waals surface area (Å²) in [5.74, 6) is 1.29. The Kier molecular flexibility index (Phi) is 6.00. The van der Waals surface area contributed by atoms with Crippen molar-refractivity contribution in [1.82, 2.24) is 29.8 Å². The van der Waals surface area contributed by atoms with Crippen molar-refractivity contribution in [2.45, 2.75) is 39.8 Å². The van der Waals surface area contributed by atoms with Gasteiger partial charge in [0, 0.05) is 52.2 Å². The number of aryl methyl sites for hydroxylation is 2. The first-order valence-corrected chi connectivity index (χ1v) is 8.41. The van der Waals surface area contributed by atoms with Gasteiger partial charge in [-0.3, -0.25) is 9.36 Å². The van der Waals surface area contributed by atoms with E-state index in [0.717, 1.165) is 30.4 Å². The quantitative estimate of drug-likeness (QED) is 0.648. The third-order valence-corrected chi connectivity index (χ3v) is 3.90. The van der Waals surface area contributed by atoms with E-state index in [1.165, 1.54) is 5.56 Å². The predicted molar refractivity (Wildman–Crippen MR) is 96.8 cm³/mol. The first-order chi connectivity index (χ1) is 11.4. The number of guanidine groups is 1. The summed E-state index contributed by atoms with van der Waals surface area (Å²) in [5.41, 5.74) is 3.47. The molecule has 0 aromatic carbocycles. The normalized spacial score (nSPS) is 12.0. The number of hydrogen-bond acceptors (Lipinski definition) is 3. The van der Waals surface area contributed by atoms with E-state index in [-0.39, 0.29) is 0 Å². The molecular formula is C17H29N7. The Morgan fingerprint density at radius 3 is 2.71 bits per heavy atom. The van der Waals surface area contributed by atoms with E-state index in [1.807, 2.05) is 29.5 Å². The average molecular weight is 331 g/mol. The van der Waals surface area contributed by atoms with Gasteiger partial charge >= 0.3 is 0 Å². The Morgan fingerprint density at radius 1 is 1.38 bits per heavy atom. The van der Waals surface area contributed by atoms with E-state index >= 15 is 0 Å². The molecule has 0 aliphatic carbocycles. The van der Waals surface area contributed by atoms with Gasteiger partial charge in [-0.25, -0.2) is 4.99 Å². The second kappa shape index (κ2) is 7.99. The molecule has 0 bridgehead atoms. The van der Waals surface area contributed by atoms with Gasteiger partial charge in [0.1, 0.15) is 0 Å². The smallest absolute Gasteiger partial charge is 0.194 e. The summed E-state index contributed by atoms with van der Waals surface area (Å²) in [7, 11) is 5.96. The van der Waals surface area contributed by atoms with Gasteiger partial charge in [-0.15, -0.1) is 0 Å². The minimum atomic E-state index is 0.406. The Morgan fingerprint density at radius 2 is 2.12 bits per heavy atom. The van der Waals surface area contributed by atoms with E-state index < -0.39 is 0 Å². The van der Waals surface area contributed by atoms with Gasteiger partial charge in [0.15, 0.2) is 5.96 Å². The molecule has 132 valence electrons. The van der Waals surface area contributed by atoms with Crippen molar-refractivity contribution in [2.24, 2.45) is 19.1 Å². The second-order valence-electron chi connectivity index (χ2n) is 6.34. The lowest BCUT2D eigenvalue weighted by Gasteiger charge is -2.22. The van der Waals surface area contributed by atoms with E-state index in [4.69, 9.17) is 4.99 Å². The van der Waals surface area contributed by atoms with Crippen molar-refractivity contribution in [2.75, 3.05) is 13.6 Å². The molecule has 0 saturated heterocycles.